The summed E-state index contributed by atoms with van der Waals surface area (Å²) in [4.78, 5) is 2.62. The second-order valence-electron chi connectivity index (χ2n) is 6.93. The number of likely N-dealkylation sites (tertiary alicyclic amines) is 1. The molecule has 19 heavy (non-hydrogen) atoms. The molecule has 4 rings (SSSR count). The minimum Gasteiger partial charge on any atom is -0.328 e. The van der Waals surface area contributed by atoms with Gasteiger partial charge in [-0.3, -0.25) is 4.90 Å². The molecular formula is C15H28Cl2N2. The molecule has 2 N–H and O–H groups in total. The van der Waals surface area contributed by atoms with Gasteiger partial charge in [0.25, 0.3) is 0 Å². The highest BCUT2D eigenvalue weighted by atomic mass is 35.5. The van der Waals surface area contributed by atoms with E-state index in [-0.39, 0.29) is 24.8 Å². The average molecular weight is 307 g/mol. The van der Waals surface area contributed by atoms with Crippen LogP contribution in [0.2, 0.25) is 0 Å². The van der Waals surface area contributed by atoms with Gasteiger partial charge >= 0.3 is 0 Å². The van der Waals surface area contributed by atoms with Crippen LogP contribution in [0, 0.1) is 17.3 Å². The first kappa shape index (κ1) is 17.3. The smallest absolute Gasteiger partial charge is 0.0195 e. The van der Waals surface area contributed by atoms with E-state index in [1.807, 2.05) is 0 Å². The fourth-order valence-corrected chi connectivity index (χ4v) is 4.03. The molecule has 2 bridgehead atoms. The van der Waals surface area contributed by atoms with Crippen LogP contribution in [0.1, 0.15) is 39.5 Å². The van der Waals surface area contributed by atoms with Gasteiger partial charge in [0, 0.05) is 12.6 Å². The molecule has 2 fully saturated rings. The van der Waals surface area contributed by atoms with Gasteiger partial charge in [-0.1, -0.05) is 25.5 Å². The average Bonchev–Trinajstić information content (AvgIpc) is 2.32. The predicted octanol–water partition coefficient (Wildman–Crippen LogP) is 3.25. The van der Waals surface area contributed by atoms with Crippen molar-refractivity contribution in [3.63, 3.8) is 0 Å². The van der Waals surface area contributed by atoms with E-state index in [2.05, 4.69) is 24.8 Å². The minimum absolute atomic E-state index is 0. The molecule has 2 nitrogen and oxygen atoms in total. The topological polar surface area (TPSA) is 29.3 Å². The van der Waals surface area contributed by atoms with Crippen molar-refractivity contribution >= 4 is 24.8 Å². The second-order valence-corrected chi connectivity index (χ2v) is 6.93. The molecule has 0 aromatic rings. The number of nitrogens with two attached hydrogens (primary N) is 1. The Balaban J connectivity index is 0.000000902. The summed E-state index contributed by atoms with van der Waals surface area (Å²) in [5, 5.41) is 0. The molecule has 0 aromatic heterocycles. The Bertz CT molecular complexity index is 333. The maximum absolute atomic E-state index is 5.97. The summed E-state index contributed by atoms with van der Waals surface area (Å²) in [6.45, 7) is 8.55. The fraction of sp³-hybridized carbons (Fsp3) is 0.867. The highest BCUT2D eigenvalue weighted by molar-refractivity contribution is 5.85. The molecule has 1 saturated carbocycles. The van der Waals surface area contributed by atoms with Crippen molar-refractivity contribution in [1.29, 1.82) is 0 Å². The van der Waals surface area contributed by atoms with Crippen molar-refractivity contribution in [1.82, 2.24) is 4.90 Å². The molecule has 1 heterocycles. The zero-order chi connectivity index (χ0) is 12.0. The molecule has 2 unspecified atom stereocenters. The van der Waals surface area contributed by atoms with Crippen molar-refractivity contribution in [2.24, 2.45) is 23.0 Å². The number of hydrogen-bond acceptors (Lipinski definition) is 2. The third-order valence-electron chi connectivity index (χ3n) is 5.62. The van der Waals surface area contributed by atoms with Gasteiger partial charge < -0.3 is 5.73 Å². The highest BCUT2D eigenvalue weighted by Gasteiger charge is 2.51. The lowest BCUT2D eigenvalue weighted by atomic mass is 9.49. The largest absolute Gasteiger partial charge is 0.328 e. The number of hydrogen-bond donors (Lipinski definition) is 1. The zero-order valence-corrected chi connectivity index (χ0v) is 13.7. The van der Waals surface area contributed by atoms with Crippen molar-refractivity contribution < 1.29 is 0 Å². The van der Waals surface area contributed by atoms with E-state index in [4.69, 9.17) is 5.73 Å². The van der Waals surface area contributed by atoms with Crippen LogP contribution in [-0.4, -0.2) is 30.6 Å². The molecule has 0 amide bonds. The molecule has 0 spiro atoms. The van der Waals surface area contributed by atoms with Gasteiger partial charge in [-0.2, -0.15) is 0 Å². The van der Waals surface area contributed by atoms with Crippen LogP contribution < -0.4 is 5.73 Å². The molecule has 0 aromatic carbocycles. The van der Waals surface area contributed by atoms with Gasteiger partial charge in [0.05, 0.1) is 0 Å². The van der Waals surface area contributed by atoms with E-state index < -0.39 is 0 Å². The summed E-state index contributed by atoms with van der Waals surface area (Å²) in [5.74, 6) is 1.84. The fourth-order valence-electron chi connectivity index (χ4n) is 4.03. The summed E-state index contributed by atoms with van der Waals surface area (Å²) < 4.78 is 0. The minimum atomic E-state index is 0. The third kappa shape index (κ3) is 3.12. The van der Waals surface area contributed by atoms with E-state index in [1.165, 1.54) is 45.3 Å². The monoisotopic (exact) mass is 306 g/mol. The lowest BCUT2D eigenvalue weighted by Gasteiger charge is -2.57. The molecular weight excluding hydrogens is 279 g/mol. The van der Waals surface area contributed by atoms with Crippen molar-refractivity contribution in [2.75, 3.05) is 19.6 Å². The molecule has 4 heteroatoms. The van der Waals surface area contributed by atoms with Gasteiger partial charge in [-0.15, -0.1) is 24.8 Å². The second kappa shape index (κ2) is 6.34. The summed E-state index contributed by atoms with van der Waals surface area (Å²) in [7, 11) is 0. The zero-order valence-electron chi connectivity index (χ0n) is 12.1. The first-order valence-corrected chi connectivity index (χ1v) is 7.24. The number of piperidine rings is 1. The Hall–Kier alpha value is 0.240. The van der Waals surface area contributed by atoms with Crippen LogP contribution in [0.4, 0.5) is 0 Å². The maximum Gasteiger partial charge on any atom is 0.0195 e. The lowest BCUT2D eigenvalue weighted by Crippen LogP contribution is -2.50. The Morgan fingerprint density at radius 2 is 1.89 bits per heavy atom. The number of rotatable bonds is 2. The van der Waals surface area contributed by atoms with E-state index in [0.29, 0.717) is 11.5 Å². The lowest BCUT2D eigenvalue weighted by molar-refractivity contribution is -0.0112. The quantitative estimate of drug-likeness (QED) is 0.794. The Labute approximate surface area is 130 Å². The van der Waals surface area contributed by atoms with E-state index in [1.54, 1.807) is 5.57 Å². The Morgan fingerprint density at radius 1 is 1.26 bits per heavy atom. The van der Waals surface area contributed by atoms with E-state index in [9.17, 15) is 0 Å². The molecule has 0 radical (unpaired) electrons. The first-order chi connectivity index (χ1) is 8.07. The van der Waals surface area contributed by atoms with Crippen LogP contribution in [-0.2, 0) is 0 Å². The van der Waals surface area contributed by atoms with E-state index >= 15 is 0 Å². The number of allylic oxidation sites excluding steroid dienone is 1. The van der Waals surface area contributed by atoms with Crippen LogP contribution in [0.3, 0.4) is 0 Å². The van der Waals surface area contributed by atoms with Gasteiger partial charge in [-0.25, -0.2) is 0 Å². The van der Waals surface area contributed by atoms with Gasteiger partial charge in [0.15, 0.2) is 0 Å². The normalized spacial score (nSPS) is 33.5. The highest BCUT2D eigenvalue weighted by Crippen LogP contribution is 2.59. The summed E-state index contributed by atoms with van der Waals surface area (Å²) in [5.41, 5.74) is 8.28. The van der Waals surface area contributed by atoms with Crippen LogP contribution in [0.25, 0.3) is 0 Å². The summed E-state index contributed by atoms with van der Waals surface area (Å²) in [6.07, 6.45) is 7.69. The molecule has 112 valence electrons. The molecule has 2 atom stereocenters. The molecule has 1 aliphatic heterocycles. The van der Waals surface area contributed by atoms with Crippen LogP contribution >= 0.6 is 24.8 Å². The number of fused-ring (bicyclic) bond motifs is 1. The molecule has 3 aliphatic carbocycles. The third-order valence-corrected chi connectivity index (χ3v) is 5.62. The van der Waals surface area contributed by atoms with Crippen molar-refractivity contribution in [3.05, 3.63) is 11.6 Å². The Morgan fingerprint density at radius 3 is 2.42 bits per heavy atom. The van der Waals surface area contributed by atoms with Crippen molar-refractivity contribution in [3.8, 4) is 0 Å². The SMILES string of the molecule is CC1(C)C2CC=C(CN3CCC(N)CC3)C1C2.Cl.Cl. The maximum atomic E-state index is 5.97. The van der Waals surface area contributed by atoms with Gasteiger partial charge in [-0.05, 0) is 56.0 Å². The van der Waals surface area contributed by atoms with Crippen LogP contribution in [0.15, 0.2) is 11.6 Å². The van der Waals surface area contributed by atoms with Gasteiger partial charge in [0.2, 0.25) is 0 Å². The van der Waals surface area contributed by atoms with Crippen molar-refractivity contribution in [2.45, 2.75) is 45.6 Å². The molecule has 1 saturated heterocycles. The van der Waals surface area contributed by atoms with Gasteiger partial charge in [0.1, 0.15) is 0 Å². The summed E-state index contributed by atoms with van der Waals surface area (Å²) >= 11 is 0. The Kier molecular flexibility index (Phi) is 5.77. The first-order valence-electron chi connectivity index (χ1n) is 7.24. The number of nitrogens with zero attached hydrogens (tertiary/aromatic N) is 1. The predicted molar refractivity (Wildman–Crippen MR) is 86.2 cm³/mol. The molecule has 4 aliphatic rings. The number of halogens is 2. The standard InChI is InChI=1S/C15H26N2.2ClH/c1-15(2)12-4-3-11(14(15)9-12)10-17-7-5-13(16)6-8-17;;/h3,12-14H,4-10,16H2,1-2H3;2*1H. The van der Waals surface area contributed by atoms with E-state index in [0.717, 1.165) is 11.8 Å². The summed E-state index contributed by atoms with van der Waals surface area (Å²) in [6, 6.07) is 0.455. The van der Waals surface area contributed by atoms with Crippen LogP contribution in [0.5, 0.6) is 0 Å².